The highest BCUT2D eigenvalue weighted by atomic mass is 16.3. The van der Waals surface area contributed by atoms with Gasteiger partial charge in [-0.2, -0.15) is 0 Å². The average molecular weight is 185 g/mol. The van der Waals surface area contributed by atoms with Crippen LogP contribution in [0.5, 0.6) is 0 Å². The Hall–Kier alpha value is -0.570. The summed E-state index contributed by atoms with van der Waals surface area (Å²) in [6.45, 7) is 6.10. The summed E-state index contributed by atoms with van der Waals surface area (Å²) in [7, 11) is 0. The number of aliphatic hydroxyl groups is 1. The zero-order valence-corrected chi connectivity index (χ0v) is 8.63. The zero-order chi connectivity index (χ0) is 10.1. The summed E-state index contributed by atoms with van der Waals surface area (Å²) in [5.74, 6) is 0.592. The third-order valence-electron chi connectivity index (χ3n) is 3.33. The van der Waals surface area contributed by atoms with Crippen molar-refractivity contribution in [2.45, 2.75) is 39.7 Å². The fraction of sp³-hybridized carbons (Fsp3) is 0.900. The molecule has 2 atom stereocenters. The molecule has 0 unspecified atom stereocenters. The molecule has 0 aromatic rings. The lowest BCUT2D eigenvalue weighted by atomic mass is 9.57. The van der Waals surface area contributed by atoms with Crippen molar-refractivity contribution in [3.05, 3.63) is 0 Å². The molecular formula is C10H19NO2. The molecular weight excluding hydrogens is 166 g/mol. The number of hydrogen-bond donors (Lipinski definition) is 2. The van der Waals surface area contributed by atoms with Gasteiger partial charge in [0.2, 0.25) is 5.91 Å². The maximum atomic E-state index is 10.8. The van der Waals surface area contributed by atoms with E-state index >= 15 is 0 Å². The molecule has 0 aromatic heterocycles. The third kappa shape index (κ3) is 2.02. The Bertz CT molecular complexity index is 201. The van der Waals surface area contributed by atoms with E-state index in [-0.39, 0.29) is 17.9 Å². The molecule has 0 aliphatic heterocycles. The molecule has 0 spiro atoms. The fourth-order valence-electron chi connectivity index (χ4n) is 2.15. The molecule has 1 aliphatic rings. The first-order valence-electron chi connectivity index (χ1n) is 4.86. The minimum atomic E-state index is 0.0422. The third-order valence-corrected chi connectivity index (χ3v) is 3.33. The van der Waals surface area contributed by atoms with E-state index in [1.807, 2.05) is 0 Å². The fourth-order valence-corrected chi connectivity index (χ4v) is 2.15. The van der Waals surface area contributed by atoms with Crippen LogP contribution in [0.3, 0.4) is 0 Å². The van der Waals surface area contributed by atoms with Crippen LogP contribution in [0.1, 0.15) is 33.6 Å². The van der Waals surface area contributed by atoms with Gasteiger partial charge in [0, 0.05) is 19.6 Å². The van der Waals surface area contributed by atoms with E-state index in [0.29, 0.717) is 12.0 Å². The zero-order valence-electron chi connectivity index (χ0n) is 8.63. The second-order valence-electron chi connectivity index (χ2n) is 4.52. The standard InChI is InChI=1S/C10H19NO2/c1-7(13)11-9-6-8(4-5-12)10(9,2)3/h8-9,12H,4-6H2,1-3H3,(H,11,13)/t8-,9+/m0/s1. The van der Waals surface area contributed by atoms with E-state index in [0.717, 1.165) is 12.8 Å². The summed E-state index contributed by atoms with van der Waals surface area (Å²) in [6.07, 6.45) is 1.86. The molecule has 1 saturated carbocycles. The van der Waals surface area contributed by atoms with Crippen LogP contribution in [-0.4, -0.2) is 23.7 Å². The summed E-state index contributed by atoms with van der Waals surface area (Å²) in [5, 5.41) is 11.8. The molecule has 1 aliphatic carbocycles. The summed E-state index contributed by atoms with van der Waals surface area (Å²) in [6, 6.07) is 0.293. The van der Waals surface area contributed by atoms with Crippen LogP contribution in [0.4, 0.5) is 0 Å². The molecule has 1 rings (SSSR count). The minimum absolute atomic E-state index is 0.0422. The quantitative estimate of drug-likeness (QED) is 0.687. The molecule has 0 saturated heterocycles. The van der Waals surface area contributed by atoms with E-state index in [1.54, 1.807) is 6.92 Å². The average Bonchev–Trinajstić information content (AvgIpc) is 2.02. The normalized spacial score (nSPS) is 30.8. The topological polar surface area (TPSA) is 49.3 Å². The Morgan fingerprint density at radius 2 is 2.23 bits per heavy atom. The number of carbonyl (C=O) groups is 1. The highest BCUT2D eigenvalue weighted by Crippen LogP contribution is 2.47. The van der Waals surface area contributed by atoms with E-state index in [4.69, 9.17) is 5.11 Å². The van der Waals surface area contributed by atoms with Gasteiger partial charge in [-0.15, -0.1) is 0 Å². The Morgan fingerprint density at radius 3 is 2.62 bits per heavy atom. The summed E-state index contributed by atoms with van der Waals surface area (Å²) in [4.78, 5) is 10.8. The molecule has 1 fully saturated rings. The number of hydrogen-bond acceptors (Lipinski definition) is 2. The second-order valence-corrected chi connectivity index (χ2v) is 4.52. The van der Waals surface area contributed by atoms with Crippen LogP contribution in [0.25, 0.3) is 0 Å². The molecule has 3 heteroatoms. The SMILES string of the molecule is CC(=O)N[C@@H]1C[C@H](CCO)C1(C)C. The molecule has 0 aromatic carbocycles. The van der Waals surface area contributed by atoms with Crippen molar-refractivity contribution in [3.8, 4) is 0 Å². The van der Waals surface area contributed by atoms with Gasteiger partial charge in [-0.3, -0.25) is 4.79 Å². The van der Waals surface area contributed by atoms with E-state index < -0.39 is 0 Å². The van der Waals surface area contributed by atoms with Crippen LogP contribution >= 0.6 is 0 Å². The van der Waals surface area contributed by atoms with Gasteiger partial charge in [0.15, 0.2) is 0 Å². The first kappa shape index (κ1) is 10.5. The van der Waals surface area contributed by atoms with Gasteiger partial charge in [0.1, 0.15) is 0 Å². The van der Waals surface area contributed by atoms with Gasteiger partial charge < -0.3 is 10.4 Å². The molecule has 0 radical (unpaired) electrons. The Labute approximate surface area is 79.5 Å². The van der Waals surface area contributed by atoms with Crippen molar-refractivity contribution in [2.75, 3.05) is 6.61 Å². The summed E-state index contributed by atoms with van der Waals surface area (Å²) in [5.41, 5.74) is 0.147. The molecule has 0 heterocycles. The van der Waals surface area contributed by atoms with E-state index in [2.05, 4.69) is 19.2 Å². The second kappa shape index (κ2) is 3.66. The Balaban J connectivity index is 2.44. The Morgan fingerprint density at radius 1 is 1.62 bits per heavy atom. The van der Waals surface area contributed by atoms with Gasteiger partial charge >= 0.3 is 0 Å². The van der Waals surface area contributed by atoms with Crippen LogP contribution in [-0.2, 0) is 4.79 Å². The van der Waals surface area contributed by atoms with Crippen molar-refractivity contribution < 1.29 is 9.90 Å². The van der Waals surface area contributed by atoms with Crippen LogP contribution in [0, 0.1) is 11.3 Å². The van der Waals surface area contributed by atoms with Crippen LogP contribution < -0.4 is 5.32 Å². The molecule has 2 N–H and O–H groups in total. The lowest BCUT2D eigenvalue weighted by Crippen LogP contribution is -2.58. The van der Waals surface area contributed by atoms with Gasteiger partial charge in [0.05, 0.1) is 0 Å². The number of amides is 1. The first-order valence-corrected chi connectivity index (χ1v) is 4.86. The van der Waals surface area contributed by atoms with Crippen molar-refractivity contribution >= 4 is 5.91 Å². The molecule has 3 nitrogen and oxygen atoms in total. The lowest BCUT2D eigenvalue weighted by Gasteiger charge is -2.52. The number of carbonyl (C=O) groups excluding carboxylic acids is 1. The molecule has 1 amide bonds. The van der Waals surface area contributed by atoms with E-state index in [1.165, 1.54) is 0 Å². The van der Waals surface area contributed by atoms with Gasteiger partial charge in [-0.05, 0) is 24.2 Å². The molecule has 76 valence electrons. The Kier molecular flexibility index (Phi) is 2.96. The van der Waals surface area contributed by atoms with E-state index in [9.17, 15) is 4.79 Å². The number of aliphatic hydroxyl groups excluding tert-OH is 1. The highest BCUT2D eigenvalue weighted by molar-refractivity contribution is 5.73. The van der Waals surface area contributed by atoms with Crippen molar-refractivity contribution in [2.24, 2.45) is 11.3 Å². The largest absolute Gasteiger partial charge is 0.396 e. The smallest absolute Gasteiger partial charge is 0.217 e. The first-order chi connectivity index (χ1) is 5.98. The van der Waals surface area contributed by atoms with Crippen molar-refractivity contribution in [1.29, 1.82) is 0 Å². The van der Waals surface area contributed by atoms with Crippen LogP contribution in [0.2, 0.25) is 0 Å². The molecule has 0 bridgehead atoms. The van der Waals surface area contributed by atoms with Gasteiger partial charge in [0.25, 0.3) is 0 Å². The van der Waals surface area contributed by atoms with Crippen molar-refractivity contribution in [3.63, 3.8) is 0 Å². The van der Waals surface area contributed by atoms with Crippen molar-refractivity contribution in [1.82, 2.24) is 5.32 Å². The van der Waals surface area contributed by atoms with Gasteiger partial charge in [-0.1, -0.05) is 13.8 Å². The number of rotatable bonds is 3. The predicted octanol–water partition coefficient (Wildman–Crippen LogP) is 0.920. The lowest BCUT2D eigenvalue weighted by molar-refractivity contribution is -0.123. The maximum absolute atomic E-state index is 10.8. The monoisotopic (exact) mass is 185 g/mol. The predicted molar refractivity (Wildman–Crippen MR) is 51.2 cm³/mol. The number of nitrogens with one attached hydrogen (secondary N) is 1. The maximum Gasteiger partial charge on any atom is 0.217 e. The summed E-state index contributed by atoms with van der Waals surface area (Å²) < 4.78 is 0. The minimum Gasteiger partial charge on any atom is -0.396 e. The van der Waals surface area contributed by atoms with Gasteiger partial charge in [-0.25, -0.2) is 0 Å². The highest BCUT2D eigenvalue weighted by Gasteiger charge is 2.47. The molecule has 13 heavy (non-hydrogen) atoms. The van der Waals surface area contributed by atoms with Crippen LogP contribution in [0.15, 0.2) is 0 Å². The summed E-state index contributed by atoms with van der Waals surface area (Å²) >= 11 is 0.